The third-order valence-electron chi connectivity index (χ3n) is 1.78. The van der Waals surface area contributed by atoms with E-state index >= 15 is 0 Å². The molecular weight excluding hydrogens is 328 g/mol. The Labute approximate surface area is 121 Å². The van der Waals surface area contributed by atoms with Crippen LogP contribution in [0.5, 0.6) is 0 Å². The summed E-state index contributed by atoms with van der Waals surface area (Å²) in [5.41, 5.74) is 5.05. The van der Waals surface area contributed by atoms with E-state index < -0.39 is 15.7 Å². The zero-order chi connectivity index (χ0) is 14.0. The molecule has 0 saturated heterocycles. The smallest absolute Gasteiger partial charge is 0.224 e. The van der Waals surface area contributed by atoms with E-state index in [2.05, 4.69) is 15.2 Å². The van der Waals surface area contributed by atoms with Gasteiger partial charge in [0.25, 0.3) is 0 Å². The summed E-state index contributed by atoms with van der Waals surface area (Å²) in [7, 11) is -3.24. The largest absolute Gasteiger partial charge is 0.369 e. The minimum Gasteiger partial charge on any atom is -0.369 e. The Hall–Kier alpha value is -1.04. The Balaban J connectivity index is 2.11. The standard InChI is InChI=1S/C8H8N4O3S4/c1-19(14,15)6-3-10-7(17-6)18-8-12-11-5(16-8)2-4(9)13/h3H,2H2,1H3,(H2,9,13). The van der Waals surface area contributed by atoms with Crippen LogP contribution >= 0.6 is 34.4 Å². The average Bonchev–Trinajstić information content (AvgIpc) is 2.86. The Morgan fingerprint density at radius 2 is 2.11 bits per heavy atom. The molecule has 0 saturated carbocycles. The van der Waals surface area contributed by atoms with Crippen LogP contribution in [0.25, 0.3) is 0 Å². The van der Waals surface area contributed by atoms with Crippen LogP contribution in [0, 0.1) is 0 Å². The van der Waals surface area contributed by atoms with Gasteiger partial charge in [-0.15, -0.1) is 10.2 Å². The highest BCUT2D eigenvalue weighted by atomic mass is 32.2. The summed E-state index contributed by atoms with van der Waals surface area (Å²) in [4.78, 5) is 14.7. The lowest BCUT2D eigenvalue weighted by Gasteiger charge is -1.89. The summed E-state index contributed by atoms with van der Waals surface area (Å²) >= 11 is 3.51. The fourth-order valence-corrected chi connectivity index (χ4v) is 5.10. The van der Waals surface area contributed by atoms with Crippen molar-refractivity contribution in [2.24, 2.45) is 5.73 Å². The molecule has 2 N–H and O–H groups in total. The molecule has 0 bridgehead atoms. The lowest BCUT2D eigenvalue weighted by molar-refractivity contribution is -0.117. The summed E-state index contributed by atoms with van der Waals surface area (Å²) in [5.74, 6) is -0.471. The van der Waals surface area contributed by atoms with Gasteiger partial charge in [0.1, 0.15) is 9.22 Å². The maximum Gasteiger partial charge on any atom is 0.224 e. The van der Waals surface area contributed by atoms with E-state index in [1.807, 2.05) is 0 Å². The number of sulfone groups is 1. The highest BCUT2D eigenvalue weighted by Crippen LogP contribution is 2.34. The molecule has 0 unspecified atom stereocenters. The van der Waals surface area contributed by atoms with E-state index in [1.54, 1.807) is 0 Å². The highest BCUT2D eigenvalue weighted by Gasteiger charge is 2.15. The summed E-state index contributed by atoms with van der Waals surface area (Å²) in [5, 5.41) is 8.21. The number of aromatic nitrogens is 3. The molecule has 0 aromatic carbocycles. The van der Waals surface area contributed by atoms with Crippen molar-refractivity contribution in [1.29, 1.82) is 0 Å². The molecule has 0 atom stereocenters. The van der Waals surface area contributed by atoms with Gasteiger partial charge in [0, 0.05) is 6.26 Å². The van der Waals surface area contributed by atoms with E-state index in [1.165, 1.54) is 29.3 Å². The second-order valence-corrected chi connectivity index (χ2v) is 9.25. The van der Waals surface area contributed by atoms with Crippen molar-refractivity contribution in [2.45, 2.75) is 19.3 Å². The highest BCUT2D eigenvalue weighted by molar-refractivity contribution is 8.03. The number of thiazole rings is 1. The lowest BCUT2D eigenvalue weighted by atomic mass is 10.4. The number of hydrogen-bond acceptors (Lipinski definition) is 9. The zero-order valence-corrected chi connectivity index (χ0v) is 12.8. The first kappa shape index (κ1) is 14.4. The summed E-state index contributed by atoms with van der Waals surface area (Å²) in [6, 6.07) is 0. The molecule has 2 aromatic rings. The number of nitrogens with zero attached hydrogens (tertiary/aromatic N) is 3. The van der Waals surface area contributed by atoms with Gasteiger partial charge in [0.15, 0.2) is 18.5 Å². The van der Waals surface area contributed by atoms with Gasteiger partial charge >= 0.3 is 0 Å². The first-order chi connectivity index (χ1) is 8.84. The van der Waals surface area contributed by atoms with Crippen LogP contribution in [0.4, 0.5) is 0 Å². The molecular formula is C8H8N4O3S4. The van der Waals surface area contributed by atoms with Crippen molar-refractivity contribution >= 4 is 50.2 Å². The number of amides is 1. The zero-order valence-electron chi connectivity index (χ0n) is 9.56. The van der Waals surface area contributed by atoms with E-state index in [-0.39, 0.29) is 10.6 Å². The van der Waals surface area contributed by atoms with Crippen LogP contribution in [0.1, 0.15) is 5.01 Å². The van der Waals surface area contributed by atoms with Crippen LogP contribution in [0.3, 0.4) is 0 Å². The molecule has 0 aliphatic carbocycles. The molecule has 0 aliphatic heterocycles. The van der Waals surface area contributed by atoms with E-state index in [4.69, 9.17) is 5.73 Å². The van der Waals surface area contributed by atoms with E-state index in [0.29, 0.717) is 13.7 Å². The molecule has 0 fully saturated rings. The Morgan fingerprint density at radius 3 is 2.68 bits per heavy atom. The molecule has 11 heteroatoms. The van der Waals surface area contributed by atoms with Crippen molar-refractivity contribution in [3.8, 4) is 0 Å². The van der Waals surface area contributed by atoms with E-state index in [0.717, 1.165) is 17.6 Å². The van der Waals surface area contributed by atoms with Gasteiger partial charge in [-0.3, -0.25) is 4.79 Å². The monoisotopic (exact) mass is 336 g/mol. The second-order valence-electron chi connectivity index (χ2n) is 3.42. The predicted molar refractivity (Wildman–Crippen MR) is 72.2 cm³/mol. The lowest BCUT2D eigenvalue weighted by Crippen LogP contribution is -2.13. The van der Waals surface area contributed by atoms with Crippen molar-refractivity contribution in [3.63, 3.8) is 0 Å². The summed E-state index contributed by atoms with van der Waals surface area (Å²) in [6.07, 6.45) is 2.49. The fraction of sp³-hybridized carbons (Fsp3) is 0.250. The van der Waals surface area contributed by atoms with Crippen molar-refractivity contribution in [1.82, 2.24) is 15.2 Å². The minimum absolute atomic E-state index is 0.0463. The molecule has 19 heavy (non-hydrogen) atoms. The van der Waals surface area contributed by atoms with Gasteiger partial charge in [-0.25, -0.2) is 13.4 Å². The Morgan fingerprint density at radius 1 is 1.37 bits per heavy atom. The average molecular weight is 336 g/mol. The first-order valence-corrected chi connectivity index (χ1v) is 9.13. The number of carbonyl (C=O) groups excluding carboxylic acids is 1. The van der Waals surface area contributed by atoms with Crippen LogP contribution in [0.15, 0.2) is 19.1 Å². The number of nitrogens with two attached hydrogens (primary N) is 1. The SMILES string of the molecule is CS(=O)(=O)c1cnc(Sc2nnc(CC(N)=O)s2)s1. The van der Waals surface area contributed by atoms with Crippen molar-refractivity contribution < 1.29 is 13.2 Å². The minimum atomic E-state index is -3.24. The molecule has 0 radical (unpaired) electrons. The molecule has 2 heterocycles. The molecule has 0 aliphatic rings. The Kier molecular flexibility index (Phi) is 4.18. The normalized spacial score (nSPS) is 11.6. The third-order valence-corrected chi connectivity index (χ3v) is 6.61. The van der Waals surface area contributed by atoms with Crippen LogP contribution < -0.4 is 5.73 Å². The molecule has 7 nitrogen and oxygen atoms in total. The first-order valence-electron chi connectivity index (χ1n) is 4.79. The van der Waals surface area contributed by atoms with Crippen LogP contribution in [-0.2, 0) is 21.1 Å². The number of hydrogen-bond donors (Lipinski definition) is 1. The fourth-order valence-electron chi connectivity index (χ4n) is 1.04. The van der Waals surface area contributed by atoms with E-state index in [9.17, 15) is 13.2 Å². The van der Waals surface area contributed by atoms with Gasteiger partial charge in [0.05, 0.1) is 12.6 Å². The number of rotatable bonds is 5. The molecule has 0 spiro atoms. The maximum atomic E-state index is 11.3. The quantitative estimate of drug-likeness (QED) is 0.848. The topological polar surface area (TPSA) is 116 Å². The van der Waals surface area contributed by atoms with Crippen LogP contribution in [0.2, 0.25) is 0 Å². The maximum absolute atomic E-state index is 11.3. The molecule has 1 amide bonds. The van der Waals surface area contributed by atoms with Gasteiger partial charge in [-0.2, -0.15) is 0 Å². The summed E-state index contributed by atoms with van der Waals surface area (Å²) < 4.78 is 24.0. The van der Waals surface area contributed by atoms with Crippen molar-refractivity contribution in [2.75, 3.05) is 6.26 Å². The molecule has 102 valence electrons. The van der Waals surface area contributed by atoms with Crippen molar-refractivity contribution in [3.05, 3.63) is 11.2 Å². The van der Waals surface area contributed by atoms with Gasteiger partial charge < -0.3 is 5.73 Å². The number of primary amides is 1. The molecule has 2 rings (SSSR count). The summed E-state index contributed by atoms with van der Waals surface area (Å²) in [6.45, 7) is 0. The van der Waals surface area contributed by atoms with Gasteiger partial charge in [-0.1, -0.05) is 22.7 Å². The van der Waals surface area contributed by atoms with Gasteiger partial charge in [0.2, 0.25) is 5.91 Å². The molecule has 2 aromatic heterocycles. The Bertz CT molecular complexity index is 705. The van der Waals surface area contributed by atoms with Crippen LogP contribution in [-0.4, -0.2) is 35.8 Å². The predicted octanol–water partition coefficient (Wildman–Crippen LogP) is 0.577. The number of carbonyl (C=O) groups is 1. The third kappa shape index (κ3) is 3.96. The van der Waals surface area contributed by atoms with Gasteiger partial charge in [-0.05, 0) is 11.8 Å². The second kappa shape index (κ2) is 5.53.